The van der Waals surface area contributed by atoms with Crippen molar-refractivity contribution in [2.45, 2.75) is 51.5 Å². The Morgan fingerprint density at radius 2 is 1.79 bits per heavy atom. The van der Waals surface area contributed by atoms with Crippen LogP contribution in [0.15, 0.2) is 43.0 Å². The number of aromatic amines is 2. The lowest BCUT2D eigenvalue weighted by Crippen LogP contribution is -2.29. The van der Waals surface area contributed by atoms with Gasteiger partial charge in [0, 0.05) is 55.5 Å². The molecule has 6 heterocycles. The Kier molecular flexibility index (Phi) is 6.21. The van der Waals surface area contributed by atoms with Gasteiger partial charge in [-0.1, -0.05) is 12.8 Å². The molecule has 1 saturated carbocycles. The van der Waals surface area contributed by atoms with E-state index in [1.54, 1.807) is 0 Å². The second-order valence-corrected chi connectivity index (χ2v) is 10.7. The molecule has 2 aliphatic rings. The summed E-state index contributed by atoms with van der Waals surface area (Å²) in [5, 5.41) is 12.2. The first-order valence-electron chi connectivity index (χ1n) is 13.9. The highest BCUT2D eigenvalue weighted by molar-refractivity contribution is 5.95. The lowest BCUT2D eigenvalue weighted by atomic mass is 10.1. The molecule has 194 valence electrons. The maximum absolute atomic E-state index is 4.97. The Balaban J connectivity index is 1.18. The molecule has 9 heteroatoms. The van der Waals surface area contributed by atoms with Crippen LogP contribution in [0.5, 0.6) is 0 Å². The second-order valence-electron chi connectivity index (χ2n) is 10.7. The SMILES string of the molecule is c1cc(N2CCCCC2)c2nc(-c3n[nH]c4ncc(-c5cncc(CNCC6CCCC6)c5)cc34)[nH]c2n1. The van der Waals surface area contributed by atoms with Crippen LogP contribution in [0.2, 0.25) is 0 Å². The van der Waals surface area contributed by atoms with E-state index in [9.17, 15) is 0 Å². The smallest absolute Gasteiger partial charge is 0.161 e. The standard InChI is InChI=1S/C29H33N9/c1-4-10-38(11-5-1)24-8-9-32-28-26(24)34-29(35-28)25-23-13-22(18-33-27(23)37-36-25)21-12-20(16-31-17-21)15-30-14-19-6-2-3-7-19/h8-9,12-13,16-19,30H,1-7,10-11,14-15H2,(H,32,34,35)(H,33,36,37). The molecule has 5 aromatic rings. The third kappa shape index (κ3) is 4.51. The van der Waals surface area contributed by atoms with E-state index in [0.29, 0.717) is 5.82 Å². The number of rotatable bonds is 7. The molecular weight excluding hydrogens is 474 g/mol. The zero-order chi connectivity index (χ0) is 25.3. The van der Waals surface area contributed by atoms with Crippen molar-refractivity contribution in [3.63, 3.8) is 0 Å². The van der Waals surface area contributed by atoms with Crippen molar-refractivity contribution in [2.24, 2.45) is 5.92 Å². The molecule has 9 nitrogen and oxygen atoms in total. The van der Waals surface area contributed by atoms with Crippen LogP contribution in [0.3, 0.4) is 0 Å². The molecule has 3 N–H and O–H groups in total. The van der Waals surface area contributed by atoms with Crippen LogP contribution in [0.25, 0.3) is 44.8 Å². The van der Waals surface area contributed by atoms with Gasteiger partial charge in [-0.2, -0.15) is 5.10 Å². The maximum atomic E-state index is 4.97. The van der Waals surface area contributed by atoms with Crippen molar-refractivity contribution in [1.82, 2.24) is 40.4 Å². The Labute approximate surface area is 221 Å². The Morgan fingerprint density at radius 3 is 2.68 bits per heavy atom. The van der Waals surface area contributed by atoms with Crippen LogP contribution >= 0.6 is 0 Å². The monoisotopic (exact) mass is 507 g/mol. The summed E-state index contributed by atoms with van der Waals surface area (Å²) >= 11 is 0. The first kappa shape index (κ1) is 23.3. The van der Waals surface area contributed by atoms with E-state index < -0.39 is 0 Å². The normalized spacial score (nSPS) is 16.7. The van der Waals surface area contributed by atoms with E-state index in [-0.39, 0.29) is 0 Å². The van der Waals surface area contributed by atoms with Crippen molar-refractivity contribution in [3.8, 4) is 22.6 Å². The molecule has 5 aromatic heterocycles. The van der Waals surface area contributed by atoms with Gasteiger partial charge in [-0.15, -0.1) is 0 Å². The van der Waals surface area contributed by atoms with Crippen molar-refractivity contribution in [1.29, 1.82) is 0 Å². The molecule has 0 amide bonds. The average molecular weight is 508 g/mol. The predicted octanol–water partition coefficient (Wildman–Crippen LogP) is 5.23. The molecule has 0 bridgehead atoms. The number of piperidine rings is 1. The molecule has 0 aromatic carbocycles. The van der Waals surface area contributed by atoms with Crippen LogP contribution in [-0.2, 0) is 6.54 Å². The Bertz CT molecular complexity index is 1560. The zero-order valence-electron chi connectivity index (χ0n) is 21.6. The van der Waals surface area contributed by atoms with Crippen LogP contribution in [-0.4, -0.2) is 54.8 Å². The lowest BCUT2D eigenvalue weighted by molar-refractivity contribution is 0.489. The third-order valence-electron chi connectivity index (χ3n) is 8.07. The number of imidazole rings is 1. The summed E-state index contributed by atoms with van der Waals surface area (Å²) in [6.07, 6.45) is 16.8. The number of aromatic nitrogens is 7. The van der Waals surface area contributed by atoms with E-state index in [1.807, 2.05) is 24.8 Å². The largest absolute Gasteiger partial charge is 0.370 e. The van der Waals surface area contributed by atoms with Gasteiger partial charge in [0.05, 0.1) is 11.1 Å². The van der Waals surface area contributed by atoms with Crippen LogP contribution in [0.1, 0.15) is 50.5 Å². The Hall–Kier alpha value is -3.85. The molecular formula is C29H33N9. The maximum Gasteiger partial charge on any atom is 0.161 e. The number of anilines is 1. The number of nitrogens with zero attached hydrogens (tertiary/aromatic N) is 6. The van der Waals surface area contributed by atoms with Crippen molar-refractivity contribution in [3.05, 3.63) is 48.5 Å². The van der Waals surface area contributed by atoms with Gasteiger partial charge < -0.3 is 15.2 Å². The highest BCUT2D eigenvalue weighted by atomic mass is 15.2. The summed E-state index contributed by atoms with van der Waals surface area (Å²) in [7, 11) is 0. The molecule has 0 atom stereocenters. The number of hydrogen-bond acceptors (Lipinski definition) is 7. The zero-order valence-corrected chi connectivity index (χ0v) is 21.6. The average Bonchev–Trinajstić information content (AvgIpc) is 3.73. The van der Waals surface area contributed by atoms with Gasteiger partial charge in [0.1, 0.15) is 11.2 Å². The molecule has 38 heavy (non-hydrogen) atoms. The minimum absolute atomic E-state index is 0.699. The van der Waals surface area contributed by atoms with Gasteiger partial charge in [0.2, 0.25) is 0 Å². The van der Waals surface area contributed by atoms with Gasteiger partial charge in [0.25, 0.3) is 0 Å². The van der Waals surface area contributed by atoms with Crippen LogP contribution in [0.4, 0.5) is 5.69 Å². The summed E-state index contributed by atoms with van der Waals surface area (Å²) in [5.74, 6) is 1.52. The minimum atomic E-state index is 0.699. The number of hydrogen-bond donors (Lipinski definition) is 3. The second kappa shape index (κ2) is 10.1. The summed E-state index contributed by atoms with van der Waals surface area (Å²) in [6.45, 7) is 4.03. The van der Waals surface area contributed by atoms with Crippen molar-refractivity contribution in [2.75, 3.05) is 24.5 Å². The molecule has 2 fully saturated rings. The van der Waals surface area contributed by atoms with E-state index in [2.05, 4.69) is 58.5 Å². The first-order chi connectivity index (χ1) is 18.8. The fourth-order valence-corrected chi connectivity index (χ4v) is 6.02. The summed E-state index contributed by atoms with van der Waals surface area (Å²) in [5.41, 5.74) is 7.54. The Morgan fingerprint density at radius 1 is 0.921 bits per heavy atom. The number of H-pyrrole nitrogens is 2. The number of pyridine rings is 3. The third-order valence-corrected chi connectivity index (χ3v) is 8.07. The minimum Gasteiger partial charge on any atom is -0.370 e. The van der Waals surface area contributed by atoms with E-state index in [4.69, 9.17) is 4.98 Å². The van der Waals surface area contributed by atoms with Gasteiger partial charge in [0.15, 0.2) is 17.1 Å². The van der Waals surface area contributed by atoms with E-state index in [1.165, 1.54) is 50.5 Å². The molecule has 0 unspecified atom stereocenters. The van der Waals surface area contributed by atoms with Gasteiger partial charge >= 0.3 is 0 Å². The van der Waals surface area contributed by atoms with Crippen LogP contribution in [0, 0.1) is 5.92 Å². The molecule has 0 spiro atoms. The summed E-state index contributed by atoms with van der Waals surface area (Å²) in [6, 6.07) is 6.40. The molecule has 1 saturated heterocycles. The number of fused-ring (bicyclic) bond motifs is 2. The summed E-state index contributed by atoms with van der Waals surface area (Å²) in [4.78, 5) is 24.5. The van der Waals surface area contributed by atoms with Gasteiger partial charge in [-0.05, 0) is 68.3 Å². The molecule has 0 radical (unpaired) electrons. The van der Waals surface area contributed by atoms with Crippen LogP contribution < -0.4 is 10.2 Å². The highest BCUT2D eigenvalue weighted by Gasteiger charge is 2.20. The fourth-order valence-electron chi connectivity index (χ4n) is 6.02. The van der Waals surface area contributed by atoms with E-state index in [0.717, 1.165) is 76.8 Å². The fraction of sp³-hybridized carbons (Fsp3) is 0.414. The molecule has 1 aliphatic heterocycles. The molecule has 7 rings (SSSR count). The highest BCUT2D eigenvalue weighted by Crippen LogP contribution is 2.32. The van der Waals surface area contributed by atoms with Gasteiger partial charge in [-0.3, -0.25) is 10.1 Å². The van der Waals surface area contributed by atoms with Gasteiger partial charge in [-0.25, -0.2) is 15.0 Å². The first-order valence-corrected chi connectivity index (χ1v) is 13.9. The molecule has 1 aliphatic carbocycles. The van der Waals surface area contributed by atoms with Crippen molar-refractivity contribution >= 4 is 27.9 Å². The lowest BCUT2D eigenvalue weighted by Gasteiger charge is -2.28. The van der Waals surface area contributed by atoms with Crippen molar-refractivity contribution < 1.29 is 0 Å². The predicted molar refractivity (Wildman–Crippen MR) is 150 cm³/mol. The topological polar surface area (TPSA) is 111 Å². The summed E-state index contributed by atoms with van der Waals surface area (Å²) < 4.78 is 0. The number of nitrogens with one attached hydrogen (secondary N) is 3. The van der Waals surface area contributed by atoms with E-state index >= 15 is 0 Å². The quantitative estimate of drug-likeness (QED) is 0.277.